The molecule has 186 valence electrons. The molecule has 0 saturated heterocycles. The first-order valence-electron chi connectivity index (χ1n) is 13.6. The fourth-order valence-electron chi connectivity index (χ4n) is 5.89. The van der Waals surface area contributed by atoms with E-state index in [0.717, 1.165) is 17.8 Å². The number of fused-ring (bicyclic) bond motifs is 4. The van der Waals surface area contributed by atoms with Gasteiger partial charge in [0.15, 0.2) is 0 Å². The number of aromatic nitrogens is 1. The third-order valence-corrected chi connectivity index (χ3v) is 12.1. The van der Waals surface area contributed by atoms with Crippen LogP contribution < -0.4 is 9.30 Å². The van der Waals surface area contributed by atoms with Crippen molar-refractivity contribution in [3.8, 4) is 22.4 Å². The van der Waals surface area contributed by atoms with Crippen molar-refractivity contribution < 1.29 is 0 Å². The van der Waals surface area contributed by atoms with Gasteiger partial charge >= 0.3 is 199 Å². The predicted molar refractivity (Wildman–Crippen MR) is 163 cm³/mol. The van der Waals surface area contributed by atoms with E-state index in [0.29, 0.717) is 17.9 Å². The molecule has 3 aromatic carbocycles. The van der Waals surface area contributed by atoms with E-state index in [1.54, 1.807) is 0 Å². The van der Waals surface area contributed by atoms with Crippen LogP contribution in [-0.2, 0) is 0 Å². The molecular weight excluding hydrogens is 509 g/mol. The first kappa shape index (κ1) is 24.2. The van der Waals surface area contributed by atoms with Crippen molar-refractivity contribution >= 4 is 34.3 Å². The average molecular weight is 545 g/mol. The summed E-state index contributed by atoms with van der Waals surface area (Å²) >= 11 is -1.98. The zero-order valence-corrected chi connectivity index (χ0v) is 24.7. The van der Waals surface area contributed by atoms with Gasteiger partial charge in [-0.25, -0.2) is 0 Å². The fraction of sp³-hybridized carbons (Fsp3) is 0.265. The van der Waals surface area contributed by atoms with Crippen LogP contribution in [0.15, 0.2) is 97.1 Å². The molecule has 0 radical (unpaired) electrons. The molecule has 0 N–H and O–H groups in total. The Kier molecular flexibility index (Phi) is 6.11. The number of hydrogen-bond donors (Lipinski definition) is 0. The number of benzene rings is 3. The molecule has 6 rings (SSSR count). The Bertz CT molecular complexity index is 1530. The van der Waals surface area contributed by atoms with E-state index in [1.165, 1.54) is 37.7 Å². The van der Waals surface area contributed by atoms with E-state index in [2.05, 4.69) is 133 Å². The molecule has 0 bridgehead atoms. The molecule has 0 spiro atoms. The number of pyridine rings is 1. The van der Waals surface area contributed by atoms with Crippen molar-refractivity contribution in [2.24, 2.45) is 5.92 Å². The fourth-order valence-corrected chi connectivity index (χ4v) is 8.32. The van der Waals surface area contributed by atoms with E-state index in [9.17, 15) is 0 Å². The molecule has 4 aromatic rings. The SMILES string of the molecule is CC(C)CN1c2cc(-c3cc(-c4ccccc4)c4c[c]([Ge]([CH3])([CH3])[CH3])ccc4n3)ccc2C2C=CC=CC21. The summed E-state index contributed by atoms with van der Waals surface area (Å²) in [5.74, 6) is 8.40. The van der Waals surface area contributed by atoms with Crippen molar-refractivity contribution in [1.82, 2.24) is 4.98 Å². The molecule has 2 aliphatic rings. The first-order valence-corrected chi connectivity index (χ1v) is 20.9. The van der Waals surface area contributed by atoms with Crippen LogP contribution in [0.5, 0.6) is 0 Å². The molecule has 0 amide bonds. The van der Waals surface area contributed by atoms with Gasteiger partial charge in [0.05, 0.1) is 0 Å². The van der Waals surface area contributed by atoms with E-state index < -0.39 is 13.3 Å². The zero-order valence-electron chi connectivity index (χ0n) is 22.6. The van der Waals surface area contributed by atoms with E-state index in [1.807, 2.05) is 0 Å². The quantitative estimate of drug-likeness (QED) is 0.235. The van der Waals surface area contributed by atoms with E-state index in [-0.39, 0.29) is 0 Å². The van der Waals surface area contributed by atoms with Crippen molar-refractivity contribution in [2.45, 2.75) is 43.1 Å². The van der Waals surface area contributed by atoms with Crippen LogP contribution in [0, 0.1) is 5.92 Å². The summed E-state index contributed by atoms with van der Waals surface area (Å²) in [6.45, 7) is 5.68. The van der Waals surface area contributed by atoms with Gasteiger partial charge in [0.1, 0.15) is 0 Å². The van der Waals surface area contributed by atoms with Gasteiger partial charge in [-0.3, -0.25) is 0 Å². The molecule has 2 nitrogen and oxygen atoms in total. The third-order valence-electron chi connectivity index (χ3n) is 7.78. The molecule has 0 saturated carbocycles. The van der Waals surface area contributed by atoms with Gasteiger partial charge in [-0.2, -0.15) is 0 Å². The van der Waals surface area contributed by atoms with Crippen molar-refractivity contribution in [3.05, 3.63) is 103 Å². The molecule has 1 aromatic heterocycles. The second-order valence-electron chi connectivity index (χ2n) is 12.0. The van der Waals surface area contributed by atoms with E-state index >= 15 is 0 Å². The predicted octanol–water partition coefficient (Wildman–Crippen LogP) is 8.17. The van der Waals surface area contributed by atoms with Gasteiger partial charge in [0.25, 0.3) is 0 Å². The number of nitrogens with zero attached hydrogens (tertiary/aromatic N) is 2. The summed E-state index contributed by atoms with van der Waals surface area (Å²) in [7, 11) is 0. The third kappa shape index (κ3) is 4.46. The summed E-state index contributed by atoms with van der Waals surface area (Å²) in [4.78, 5) is 7.84. The van der Waals surface area contributed by atoms with Crippen molar-refractivity contribution in [2.75, 3.05) is 11.4 Å². The van der Waals surface area contributed by atoms with Crippen LogP contribution in [0.4, 0.5) is 5.69 Å². The van der Waals surface area contributed by atoms with Gasteiger partial charge in [0, 0.05) is 0 Å². The average Bonchev–Trinajstić information content (AvgIpc) is 3.20. The van der Waals surface area contributed by atoms with Gasteiger partial charge < -0.3 is 0 Å². The summed E-state index contributed by atoms with van der Waals surface area (Å²) in [5, 5.41) is 1.26. The zero-order chi connectivity index (χ0) is 25.7. The number of anilines is 1. The minimum absolute atomic E-state index is 0.406. The molecule has 0 fully saturated rings. The van der Waals surface area contributed by atoms with Crippen LogP contribution in [0.2, 0.25) is 17.3 Å². The van der Waals surface area contributed by atoms with E-state index in [4.69, 9.17) is 4.98 Å². The Labute approximate surface area is 224 Å². The van der Waals surface area contributed by atoms with Crippen LogP contribution in [0.1, 0.15) is 25.3 Å². The van der Waals surface area contributed by atoms with Gasteiger partial charge in [-0.1, -0.05) is 26.0 Å². The van der Waals surface area contributed by atoms with Crippen LogP contribution in [0.25, 0.3) is 33.3 Å². The standard InChI is InChI=1S/C34H36GeN2/c1-23(2)22-37-33-14-10-9-13-27(33)28-17-15-25(19-34(28)37)32-21-29(24-11-7-6-8-12-24)30-20-26(35(3,4)5)16-18-31(30)36-32/h6-21,23,27,33H,22H2,1-5H3. The molecule has 3 heteroatoms. The van der Waals surface area contributed by atoms with Gasteiger partial charge in [-0.15, -0.1) is 0 Å². The van der Waals surface area contributed by atoms with Crippen LogP contribution >= 0.6 is 0 Å². The normalized spacial score (nSPS) is 18.5. The molecule has 1 aliphatic heterocycles. The molecule has 1 aliphatic carbocycles. The minimum atomic E-state index is -1.98. The number of rotatable bonds is 5. The second-order valence-corrected chi connectivity index (χ2v) is 22.7. The Morgan fingerprint density at radius 1 is 0.838 bits per heavy atom. The Hall–Kier alpha value is -3.11. The topological polar surface area (TPSA) is 16.1 Å². The van der Waals surface area contributed by atoms with Gasteiger partial charge in [0.2, 0.25) is 0 Å². The molecular formula is C34H36GeN2. The Balaban J connectivity index is 1.52. The summed E-state index contributed by atoms with van der Waals surface area (Å²) < 4.78 is 1.52. The first-order chi connectivity index (χ1) is 17.8. The maximum atomic E-state index is 5.23. The van der Waals surface area contributed by atoms with Crippen LogP contribution in [-0.4, -0.2) is 30.8 Å². The Morgan fingerprint density at radius 2 is 1.62 bits per heavy atom. The number of hydrogen-bond acceptors (Lipinski definition) is 2. The summed E-state index contributed by atoms with van der Waals surface area (Å²) in [5.41, 5.74) is 8.62. The molecule has 37 heavy (non-hydrogen) atoms. The van der Waals surface area contributed by atoms with Gasteiger partial charge in [-0.05, 0) is 0 Å². The Morgan fingerprint density at radius 3 is 2.38 bits per heavy atom. The second kappa shape index (κ2) is 9.33. The molecule has 2 heterocycles. The van der Waals surface area contributed by atoms with Crippen molar-refractivity contribution in [1.29, 1.82) is 0 Å². The van der Waals surface area contributed by atoms with Crippen LogP contribution in [0.3, 0.4) is 0 Å². The summed E-state index contributed by atoms with van der Waals surface area (Å²) in [6.07, 6.45) is 9.13. The molecule has 2 unspecified atom stereocenters. The van der Waals surface area contributed by atoms with Crippen molar-refractivity contribution in [3.63, 3.8) is 0 Å². The summed E-state index contributed by atoms with van der Waals surface area (Å²) in [6, 6.07) is 27.5. The molecule has 2 atom stereocenters. The monoisotopic (exact) mass is 546 g/mol. The maximum absolute atomic E-state index is 5.23. The number of allylic oxidation sites excluding steroid dienone is 2.